The van der Waals surface area contributed by atoms with Crippen LogP contribution in [0.2, 0.25) is 5.02 Å². The van der Waals surface area contributed by atoms with Gasteiger partial charge >= 0.3 is 0 Å². The summed E-state index contributed by atoms with van der Waals surface area (Å²) in [4.78, 5) is 2.30. The number of hydrogen-bond donors (Lipinski definition) is 2. The Bertz CT molecular complexity index is 514. The number of amidine groups is 1. The minimum absolute atomic E-state index is 0.103. The first kappa shape index (κ1) is 15.0. The van der Waals surface area contributed by atoms with Crippen molar-refractivity contribution in [2.24, 2.45) is 16.3 Å². The molecule has 5 heteroatoms. The van der Waals surface area contributed by atoms with Crippen molar-refractivity contribution in [2.45, 2.75) is 33.1 Å². The predicted octanol–water partition coefficient (Wildman–Crippen LogP) is 3.45. The summed E-state index contributed by atoms with van der Waals surface area (Å²) in [6.07, 6.45) is 3.49. The van der Waals surface area contributed by atoms with Crippen molar-refractivity contribution in [2.75, 3.05) is 18.0 Å². The smallest absolute Gasteiger partial charge is 0.172 e. The van der Waals surface area contributed by atoms with E-state index in [1.165, 1.54) is 6.42 Å². The third-order valence-electron chi connectivity index (χ3n) is 4.02. The van der Waals surface area contributed by atoms with E-state index in [1.54, 1.807) is 6.07 Å². The van der Waals surface area contributed by atoms with Gasteiger partial charge in [0.05, 0.1) is 0 Å². The number of rotatable bonds is 2. The molecule has 0 saturated carbocycles. The SMILES string of the molecule is CC1(C)CCCN(c2ccc(Cl)cc2C(N)=NO)CC1. The molecule has 1 fully saturated rings. The summed E-state index contributed by atoms with van der Waals surface area (Å²) < 4.78 is 0. The summed E-state index contributed by atoms with van der Waals surface area (Å²) in [7, 11) is 0. The van der Waals surface area contributed by atoms with E-state index in [1.807, 2.05) is 12.1 Å². The van der Waals surface area contributed by atoms with Gasteiger partial charge in [-0.15, -0.1) is 0 Å². The van der Waals surface area contributed by atoms with Gasteiger partial charge in [-0.1, -0.05) is 30.6 Å². The van der Waals surface area contributed by atoms with Gasteiger partial charge in [0, 0.05) is 29.4 Å². The summed E-state index contributed by atoms with van der Waals surface area (Å²) in [6.45, 7) is 6.57. The molecule has 0 atom stereocenters. The van der Waals surface area contributed by atoms with Gasteiger partial charge in [0.15, 0.2) is 5.84 Å². The van der Waals surface area contributed by atoms with Crippen LogP contribution in [0, 0.1) is 5.41 Å². The molecule has 1 saturated heterocycles. The largest absolute Gasteiger partial charge is 0.409 e. The van der Waals surface area contributed by atoms with Crippen molar-refractivity contribution < 1.29 is 5.21 Å². The Kier molecular flexibility index (Phi) is 4.43. The normalized spacial score (nSPS) is 19.8. The summed E-state index contributed by atoms with van der Waals surface area (Å²) >= 11 is 6.02. The van der Waals surface area contributed by atoms with Crippen LogP contribution in [0.15, 0.2) is 23.4 Å². The van der Waals surface area contributed by atoms with Crippen molar-refractivity contribution in [3.05, 3.63) is 28.8 Å². The second-order valence-electron chi connectivity index (χ2n) is 6.15. The molecule has 1 aromatic rings. The molecule has 110 valence electrons. The molecule has 1 aliphatic rings. The van der Waals surface area contributed by atoms with Crippen LogP contribution in [0.5, 0.6) is 0 Å². The lowest BCUT2D eigenvalue weighted by Crippen LogP contribution is -2.28. The van der Waals surface area contributed by atoms with Crippen molar-refractivity contribution in [3.8, 4) is 0 Å². The summed E-state index contributed by atoms with van der Waals surface area (Å²) in [6, 6.07) is 5.55. The Hall–Kier alpha value is -1.42. The maximum atomic E-state index is 8.94. The zero-order chi connectivity index (χ0) is 14.8. The number of benzene rings is 1. The number of nitrogens with two attached hydrogens (primary N) is 1. The van der Waals surface area contributed by atoms with Gasteiger partial charge in [-0.25, -0.2) is 0 Å². The van der Waals surface area contributed by atoms with Crippen LogP contribution in [0.25, 0.3) is 0 Å². The monoisotopic (exact) mass is 295 g/mol. The van der Waals surface area contributed by atoms with Crippen molar-refractivity contribution >= 4 is 23.1 Å². The van der Waals surface area contributed by atoms with Crippen LogP contribution in [0.4, 0.5) is 5.69 Å². The molecule has 1 aliphatic heterocycles. The minimum atomic E-state index is 0.103. The zero-order valence-electron chi connectivity index (χ0n) is 12.1. The number of hydrogen-bond acceptors (Lipinski definition) is 3. The molecular formula is C15H22ClN3O. The van der Waals surface area contributed by atoms with E-state index in [0.29, 0.717) is 16.0 Å². The highest BCUT2D eigenvalue weighted by Crippen LogP contribution is 2.33. The fourth-order valence-corrected chi connectivity index (χ4v) is 2.88. The third kappa shape index (κ3) is 3.37. The minimum Gasteiger partial charge on any atom is -0.409 e. The molecule has 3 N–H and O–H groups in total. The number of nitrogens with zero attached hydrogens (tertiary/aromatic N) is 2. The molecule has 1 aromatic carbocycles. The molecule has 0 unspecified atom stereocenters. The topological polar surface area (TPSA) is 61.8 Å². The molecule has 0 radical (unpaired) electrons. The molecular weight excluding hydrogens is 274 g/mol. The van der Waals surface area contributed by atoms with E-state index in [2.05, 4.69) is 23.9 Å². The zero-order valence-corrected chi connectivity index (χ0v) is 12.8. The Morgan fingerprint density at radius 1 is 1.35 bits per heavy atom. The summed E-state index contributed by atoms with van der Waals surface area (Å²) in [5.74, 6) is 0.103. The van der Waals surface area contributed by atoms with E-state index in [0.717, 1.165) is 31.6 Å². The van der Waals surface area contributed by atoms with E-state index in [9.17, 15) is 0 Å². The molecule has 0 amide bonds. The van der Waals surface area contributed by atoms with Gasteiger partial charge in [-0.2, -0.15) is 0 Å². The second-order valence-corrected chi connectivity index (χ2v) is 6.59. The average molecular weight is 296 g/mol. The standard InChI is InChI=1S/C15H22ClN3O/c1-15(2)6-3-8-19(9-7-15)13-5-4-11(16)10-12(13)14(17)18-20/h4-5,10,20H,3,6-9H2,1-2H3,(H2,17,18). The van der Waals surface area contributed by atoms with Crippen molar-refractivity contribution in [1.29, 1.82) is 0 Å². The number of halogens is 1. The van der Waals surface area contributed by atoms with Crippen LogP contribution < -0.4 is 10.6 Å². The van der Waals surface area contributed by atoms with Gasteiger partial charge < -0.3 is 15.8 Å². The Morgan fingerprint density at radius 2 is 2.10 bits per heavy atom. The molecule has 0 aliphatic carbocycles. The first-order chi connectivity index (χ1) is 9.43. The lowest BCUT2D eigenvalue weighted by atomic mass is 9.85. The van der Waals surface area contributed by atoms with Crippen molar-refractivity contribution in [3.63, 3.8) is 0 Å². The Morgan fingerprint density at radius 3 is 2.80 bits per heavy atom. The molecule has 20 heavy (non-hydrogen) atoms. The lowest BCUT2D eigenvalue weighted by Gasteiger charge is -2.26. The highest BCUT2D eigenvalue weighted by Gasteiger charge is 2.24. The van der Waals surface area contributed by atoms with Gasteiger partial charge in [-0.3, -0.25) is 0 Å². The fourth-order valence-electron chi connectivity index (χ4n) is 2.71. The number of anilines is 1. The molecule has 2 rings (SSSR count). The lowest BCUT2D eigenvalue weighted by molar-refractivity contribution is 0.318. The van der Waals surface area contributed by atoms with Gasteiger partial charge in [-0.05, 0) is 42.9 Å². The third-order valence-corrected chi connectivity index (χ3v) is 4.26. The van der Waals surface area contributed by atoms with E-state index >= 15 is 0 Å². The van der Waals surface area contributed by atoms with E-state index < -0.39 is 0 Å². The van der Waals surface area contributed by atoms with Gasteiger partial charge in [0.25, 0.3) is 0 Å². The van der Waals surface area contributed by atoms with Gasteiger partial charge in [0.1, 0.15) is 0 Å². The highest BCUT2D eigenvalue weighted by atomic mass is 35.5. The van der Waals surface area contributed by atoms with Crippen LogP contribution >= 0.6 is 11.6 Å². The molecule has 0 bridgehead atoms. The quantitative estimate of drug-likeness (QED) is 0.380. The van der Waals surface area contributed by atoms with Crippen LogP contribution in [-0.2, 0) is 0 Å². The van der Waals surface area contributed by atoms with E-state index in [4.69, 9.17) is 22.5 Å². The molecule has 4 nitrogen and oxygen atoms in total. The Balaban J connectivity index is 2.32. The predicted molar refractivity (Wildman–Crippen MR) is 83.8 cm³/mol. The molecule has 0 spiro atoms. The van der Waals surface area contributed by atoms with Crippen molar-refractivity contribution in [1.82, 2.24) is 0 Å². The second kappa shape index (κ2) is 5.92. The average Bonchev–Trinajstić information content (AvgIpc) is 2.59. The van der Waals surface area contributed by atoms with Crippen LogP contribution in [0.3, 0.4) is 0 Å². The Labute approximate surface area is 125 Å². The summed E-state index contributed by atoms with van der Waals surface area (Å²) in [5, 5.41) is 12.6. The maximum Gasteiger partial charge on any atom is 0.172 e. The molecule has 1 heterocycles. The van der Waals surface area contributed by atoms with Crippen LogP contribution in [0.1, 0.15) is 38.7 Å². The maximum absolute atomic E-state index is 8.94. The van der Waals surface area contributed by atoms with E-state index in [-0.39, 0.29) is 5.84 Å². The number of oxime groups is 1. The molecule has 0 aromatic heterocycles. The fraction of sp³-hybridized carbons (Fsp3) is 0.533. The first-order valence-electron chi connectivity index (χ1n) is 6.95. The highest BCUT2D eigenvalue weighted by molar-refractivity contribution is 6.31. The summed E-state index contributed by atoms with van der Waals surface area (Å²) in [5.41, 5.74) is 7.83. The van der Waals surface area contributed by atoms with Gasteiger partial charge in [0.2, 0.25) is 0 Å². The van der Waals surface area contributed by atoms with Crippen LogP contribution in [-0.4, -0.2) is 24.1 Å². The first-order valence-corrected chi connectivity index (χ1v) is 7.33.